The lowest BCUT2D eigenvalue weighted by Gasteiger charge is -2.28. The van der Waals surface area contributed by atoms with E-state index in [0.717, 1.165) is 19.4 Å². The Kier molecular flexibility index (Phi) is 2.84. The number of piperidine rings is 1. The van der Waals surface area contributed by atoms with Gasteiger partial charge in [0.15, 0.2) is 0 Å². The van der Waals surface area contributed by atoms with E-state index < -0.39 is 0 Å². The van der Waals surface area contributed by atoms with Gasteiger partial charge in [0, 0.05) is 13.1 Å². The Hall–Kier alpha value is -0.610. The molecule has 3 N–H and O–H groups in total. The van der Waals surface area contributed by atoms with Crippen LogP contribution in [0.4, 0.5) is 0 Å². The Morgan fingerprint density at radius 1 is 1.73 bits per heavy atom. The van der Waals surface area contributed by atoms with Gasteiger partial charge in [-0.15, -0.1) is 0 Å². The number of aliphatic hydroxyl groups excluding tert-OH is 1. The maximum absolute atomic E-state index is 10.7. The molecule has 0 radical (unpaired) electrons. The van der Waals surface area contributed by atoms with Crippen LogP contribution < -0.4 is 5.73 Å². The summed E-state index contributed by atoms with van der Waals surface area (Å²) in [7, 11) is 0. The maximum atomic E-state index is 10.7. The summed E-state index contributed by atoms with van der Waals surface area (Å²) in [5.41, 5.74) is 5.14. The Morgan fingerprint density at radius 2 is 2.45 bits per heavy atom. The van der Waals surface area contributed by atoms with Crippen molar-refractivity contribution in [2.45, 2.75) is 12.8 Å². The average Bonchev–Trinajstić information content (AvgIpc) is 2.05. The van der Waals surface area contributed by atoms with Crippen LogP contribution in [0.15, 0.2) is 0 Å². The number of carbonyl (C=O) groups is 1. The fourth-order valence-corrected chi connectivity index (χ4v) is 1.42. The number of amides is 1. The van der Waals surface area contributed by atoms with Gasteiger partial charge in [0.1, 0.15) is 0 Å². The molecule has 0 spiro atoms. The van der Waals surface area contributed by atoms with E-state index >= 15 is 0 Å². The highest BCUT2D eigenvalue weighted by atomic mass is 16.3. The van der Waals surface area contributed by atoms with Crippen LogP contribution in [-0.2, 0) is 4.79 Å². The van der Waals surface area contributed by atoms with Crippen molar-refractivity contribution < 1.29 is 9.90 Å². The molecule has 1 fully saturated rings. The maximum Gasteiger partial charge on any atom is 0.221 e. The van der Waals surface area contributed by atoms with Gasteiger partial charge < -0.3 is 10.8 Å². The minimum atomic E-state index is -0.247. The van der Waals surface area contributed by atoms with Crippen LogP contribution in [0.2, 0.25) is 0 Å². The molecule has 0 saturated carbocycles. The summed E-state index contributed by atoms with van der Waals surface area (Å²) in [6.07, 6.45) is 1.82. The minimum absolute atomic E-state index is 0.0315. The van der Waals surface area contributed by atoms with Gasteiger partial charge in [0.05, 0.1) is 12.6 Å². The summed E-state index contributed by atoms with van der Waals surface area (Å²) in [5, 5.41) is 8.76. The molecule has 0 aliphatic carbocycles. The zero-order chi connectivity index (χ0) is 8.27. The second-order valence-electron chi connectivity index (χ2n) is 2.96. The van der Waals surface area contributed by atoms with Crippen molar-refractivity contribution in [2.75, 3.05) is 19.8 Å². The first kappa shape index (κ1) is 8.49. The first-order valence-electron chi connectivity index (χ1n) is 3.86. The molecule has 0 aromatic heterocycles. The number of nitrogens with zero attached hydrogens (tertiary/aromatic N) is 1. The smallest absolute Gasteiger partial charge is 0.221 e. The van der Waals surface area contributed by atoms with E-state index in [1.807, 2.05) is 4.90 Å². The van der Waals surface area contributed by atoms with Gasteiger partial charge in [0.2, 0.25) is 5.91 Å². The lowest BCUT2D eigenvalue weighted by molar-refractivity contribution is -0.123. The topological polar surface area (TPSA) is 66.6 Å². The van der Waals surface area contributed by atoms with Gasteiger partial charge in [-0.2, -0.15) is 0 Å². The Morgan fingerprint density at radius 3 is 3.00 bits per heavy atom. The minimum Gasteiger partial charge on any atom is -0.381 e. The van der Waals surface area contributed by atoms with Crippen molar-refractivity contribution in [1.29, 1.82) is 0 Å². The quantitative estimate of drug-likeness (QED) is 0.549. The van der Waals surface area contributed by atoms with Crippen molar-refractivity contribution in [3.63, 3.8) is 0 Å². The zero-order valence-corrected chi connectivity index (χ0v) is 6.49. The molecule has 1 amide bonds. The third-order valence-electron chi connectivity index (χ3n) is 2.11. The second-order valence-corrected chi connectivity index (χ2v) is 2.96. The molecule has 1 aliphatic heterocycles. The predicted octanol–water partition coefficient (Wildman–Crippen LogP) is -0.867. The van der Waals surface area contributed by atoms with Gasteiger partial charge in [-0.05, 0) is 12.8 Å². The summed E-state index contributed by atoms with van der Waals surface area (Å²) < 4.78 is 0. The molecule has 4 nitrogen and oxygen atoms in total. The van der Waals surface area contributed by atoms with Crippen molar-refractivity contribution in [3.05, 3.63) is 0 Å². The molecule has 1 atom stereocenters. The lowest BCUT2D eigenvalue weighted by atomic mass is 9.98. The first-order valence-corrected chi connectivity index (χ1v) is 3.86. The highest BCUT2D eigenvalue weighted by molar-refractivity contribution is 5.76. The molecule has 11 heavy (non-hydrogen) atoms. The van der Waals surface area contributed by atoms with Crippen LogP contribution in [0.5, 0.6) is 0 Å². The van der Waals surface area contributed by atoms with E-state index in [2.05, 4.69) is 0 Å². The fraction of sp³-hybridized carbons (Fsp3) is 0.857. The van der Waals surface area contributed by atoms with Crippen LogP contribution in [0.25, 0.3) is 0 Å². The van der Waals surface area contributed by atoms with Crippen molar-refractivity contribution in [3.8, 4) is 0 Å². The summed E-state index contributed by atoms with van der Waals surface area (Å²) in [6, 6.07) is 0. The molecule has 1 saturated heterocycles. The fourth-order valence-electron chi connectivity index (χ4n) is 1.42. The molecule has 0 aromatic rings. The largest absolute Gasteiger partial charge is 0.381 e. The normalized spacial score (nSPS) is 26.8. The number of nitrogens with two attached hydrogens (primary N) is 1. The Balaban J connectivity index is 2.39. The standard InChI is InChI=1S/C7H14N2O2/c8-7(11)6-2-1-3-9(4-6)5-10/h6,10H,1-5H2,(H2,8,11)/t6-/m0/s1. The third-order valence-corrected chi connectivity index (χ3v) is 2.11. The van der Waals surface area contributed by atoms with Gasteiger partial charge in [-0.3, -0.25) is 9.69 Å². The van der Waals surface area contributed by atoms with Crippen LogP contribution in [-0.4, -0.2) is 35.7 Å². The number of rotatable bonds is 2. The number of primary amides is 1. The van der Waals surface area contributed by atoms with E-state index in [1.54, 1.807) is 0 Å². The van der Waals surface area contributed by atoms with E-state index in [1.165, 1.54) is 0 Å². The summed E-state index contributed by atoms with van der Waals surface area (Å²) in [6.45, 7) is 1.52. The average molecular weight is 158 g/mol. The van der Waals surface area contributed by atoms with Gasteiger partial charge in [-0.1, -0.05) is 0 Å². The zero-order valence-electron chi connectivity index (χ0n) is 6.49. The number of aliphatic hydroxyl groups is 1. The first-order chi connectivity index (χ1) is 5.24. The van der Waals surface area contributed by atoms with Crippen LogP contribution in [0.1, 0.15) is 12.8 Å². The molecule has 1 rings (SSSR count). The molecule has 0 unspecified atom stereocenters. The van der Waals surface area contributed by atoms with E-state index in [-0.39, 0.29) is 18.6 Å². The van der Waals surface area contributed by atoms with Crippen LogP contribution in [0, 0.1) is 5.92 Å². The lowest BCUT2D eigenvalue weighted by Crippen LogP contribution is -2.41. The highest BCUT2D eigenvalue weighted by Gasteiger charge is 2.22. The molecular formula is C7H14N2O2. The molecule has 0 aromatic carbocycles. The SMILES string of the molecule is NC(=O)[C@H]1CCCN(CO)C1. The van der Waals surface area contributed by atoms with E-state index in [9.17, 15) is 4.79 Å². The van der Waals surface area contributed by atoms with Crippen LogP contribution >= 0.6 is 0 Å². The number of hydrogen-bond donors (Lipinski definition) is 2. The molecule has 1 aliphatic rings. The van der Waals surface area contributed by atoms with E-state index in [4.69, 9.17) is 10.8 Å². The molecular weight excluding hydrogens is 144 g/mol. The summed E-state index contributed by atoms with van der Waals surface area (Å²) >= 11 is 0. The molecule has 0 bridgehead atoms. The Bertz CT molecular complexity index is 149. The second kappa shape index (κ2) is 3.69. The van der Waals surface area contributed by atoms with Crippen molar-refractivity contribution >= 4 is 5.91 Å². The van der Waals surface area contributed by atoms with Crippen LogP contribution in [0.3, 0.4) is 0 Å². The number of carbonyl (C=O) groups excluding carboxylic acids is 1. The van der Waals surface area contributed by atoms with Gasteiger partial charge >= 0.3 is 0 Å². The molecule has 1 heterocycles. The summed E-state index contributed by atoms with van der Waals surface area (Å²) in [5.74, 6) is -0.306. The summed E-state index contributed by atoms with van der Waals surface area (Å²) in [4.78, 5) is 12.6. The highest BCUT2D eigenvalue weighted by Crippen LogP contribution is 2.14. The third kappa shape index (κ3) is 2.17. The van der Waals surface area contributed by atoms with Crippen molar-refractivity contribution in [2.24, 2.45) is 11.7 Å². The monoisotopic (exact) mass is 158 g/mol. The molecule has 64 valence electrons. The van der Waals surface area contributed by atoms with Crippen molar-refractivity contribution in [1.82, 2.24) is 4.90 Å². The Labute approximate surface area is 66.0 Å². The molecule has 4 heteroatoms. The number of likely N-dealkylation sites (tertiary alicyclic amines) is 1. The van der Waals surface area contributed by atoms with E-state index in [0.29, 0.717) is 6.54 Å². The van der Waals surface area contributed by atoms with Gasteiger partial charge in [0.25, 0.3) is 0 Å². The van der Waals surface area contributed by atoms with Gasteiger partial charge in [-0.25, -0.2) is 0 Å². The number of hydrogen-bond acceptors (Lipinski definition) is 3. The predicted molar refractivity (Wildman–Crippen MR) is 40.6 cm³/mol.